The summed E-state index contributed by atoms with van der Waals surface area (Å²) in [7, 11) is 1.70. The molecule has 0 saturated carbocycles. The molecule has 0 amide bonds. The van der Waals surface area contributed by atoms with Crippen molar-refractivity contribution in [2.75, 3.05) is 40.0 Å². The summed E-state index contributed by atoms with van der Waals surface area (Å²) in [5.41, 5.74) is 1.39. The van der Waals surface area contributed by atoms with E-state index in [2.05, 4.69) is 17.0 Å². The maximum Gasteiger partial charge on any atom is 0.118 e. The molecular weight excluding hydrogens is 214 g/mol. The number of nitrogens with zero attached hydrogens (tertiary/aromatic N) is 1. The van der Waals surface area contributed by atoms with Gasteiger partial charge >= 0.3 is 0 Å². The van der Waals surface area contributed by atoms with Gasteiger partial charge in [-0.05, 0) is 37.1 Å². The summed E-state index contributed by atoms with van der Waals surface area (Å²) in [4.78, 5) is 2.48. The minimum absolute atomic E-state index is 0.891. The van der Waals surface area contributed by atoms with E-state index in [1.165, 1.54) is 18.5 Å². The summed E-state index contributed by atoms with van der Waals surface area (Å²) < 4.78 is 10.5. The second-order valence-electron chi connectivity index (χ2n) is 4.41. The first-order chi connectivity index (χ1) is 8.38. The first-order valence-corrected chi connectivity index (χ1v) is 6.31. The fraction of sp³-hybridized carbons (Fsp3) is 0.571. The predicted molar refractivity (Wildman–Crippen MR) is 68.6 cm³/mol. The Kier molecular flexibility index (Phi) is 4.83. The zero-order valence-electron chi connectivity index (χ0n) is 10.5. The molecule has 1 aliphatic heterocycles. The molecule has 1 aliphatic rings. The van der Waals surface area contributed by atoms with Gasteiger partial charge in [0.25, 0.3) is 0 Å². The van der Waals surface area contributed by atoms with E-state index in [1.54, 1.807) is 7.11 Å². The molecule has 1 heterocycles. The van der Waals surface area contributed by atoms with E-state index < -0.39 is 0 Å². The maximum atomic E-state index is 5.33. The van der Waals surface area contributed by atoms with Gasteiger partial charge in [0.15, 0.2) is 0 Å². The highest BCUT2D eigenvalue weighted by Gasteiger charge is 2.09. The highest BCUT2D eigenvalue weighted by Crippen LogP contribution is 2.12. The molecule has 0 spiro atoms. The Bertz CT molecular complexity index is 317. The predicted octanol–water partition coefficient (Wildman–Crippen LogP) is 1.96. The monoisotopic (exact) mass is 235 g/mol. The molecule has 0 N–H and O–H groups in total. The number of ether oxygens (including phenoxy) is 2. The van der Waals surface area contributed by atoms with Gasteiger partial charge in [0, 0.05) is 13.1 Å². The summed E-state index contributed by atoms with van der Waals surface area (Å²) in [5, 5.41) is 0. The van der Waals surface area contributed by atoms with Crippen molar-refractivity contribution in [2.24, 2.45) is 0 Å². The van der Waals surface area contributed by atoms with E-state index in [9.17, 15) is 0 Å². The SMILES string of the molecule is COc1ccc(CCCN2CCOCC2)cc1. The lowest BCUT2D eigenvalue weighted by Gasteiger charge is -2.26. The number of hydrogen-bond acceptors (Lipinski definition) is 3. The second kappa shape index (κ2) is 6.62. The van der Waals surface area contributed by atoms with Gasteiger partial charge in [-0.3, -0.25) is 4.90 Å². The molecule has 1 fully saturated rings. The Morgan fingerprint density at radius 1 is 1.18 bits per heavy atom. The van der Waals surface area contributed by atoms with E-state index in [-0.39, 0.29) is 0 Å². The Balaban J connectivity index is 1.69. The molecule has 17 heavy (non-hydrogen) atoms. The van der Waals surface area contributed by atoms with Crippen LogP contribution in [-0.2, 0) is 11.2 Å². The van der Waals surface area contributed by atoms with Crippen LogP contribution in [0.3, 0.4) is 0 Å². The van der Waals surface area contributed by atoms with Crippen molar-refractivity contribution >= 4 is 0 Å². The van der Waals surface area contributed by atoms with Crippen LogP contribution in [0, 0.1) is 0 Å². The third kappa shape index (κ3) is 4.02. The molecule has 1 aromatic rings. The zero-order valence-corrected chi connectivity index (χ0v) is 10.5. The third-order valence-electron chi connectivity index (χ3n) is 3.20. The van der Waals surface area contributed by atoms with Crippen molar-refractivity contribution < 1.29 is 9.47 Å². The minimum Gasteiger partial charge on any atom is -0.497 e. The summed E-state index contributed by atoms with van der Waals surface area (Å²) in [6.45, 7) is 5.13. The van der Waals surface area contributed by atoms with Gasteiger partial charge in [0.05, 0.1) is 20.3 Å². The van der Waals surface area contributed by atoms with E-state index in [0.29, 0.717) is 0 Å². The van der Waals surface area contributed by atoms with Gasteiger partial charge in [-0.15, -0.1) is 0 Å². The highest BCUT2D eigenvalue weighted by atomic mass is 16.5. The molecule has 2 rings (SSSR count). The molecular formula is C14H21NO2. The van der Waals surface area contributed by atoms with Crippen LogP contribution in [0.25, 0.3) is 0 Å². The van der Waals surface area contributed by atoms with Crippen molar-refractivity contribution in [3.05, 3.63) is 29.8 Å². The molecule has 0 aromatic heterocycles. The lowest BCUT2D eigenvalue weighted by atomic mass is 10.1. The van der Waals surface area contributed by atoms with E-state index in [4.69, 9.17) is 9.47 Å². The molecule has 0 radical (unpaired) electrons. The first kappa shape index (κ1) is 12.4. The van der Waals surface area contributed by atoms with Crippen LogP contribution in [0.2, 0.25) is 0 Å². The van der Waals surface area contributed by atoms with Crippen LogP contribution in [0.4, 0.5) is 0 Å². The van der Waals surface area contributed by atoms with E-state index >= 15 is 0 Å². The van der Waals surface area contributed by atoms with Crippen LogP contribution in [0.15, 0.2) is 24.3 Å². The van der Waals surface area contributed by atoms with Gasteiger partial charge in [0.1, 0.15) is 5.75 Å². The van der Waals surface area contributed by atoms with Crippen molar-refractivity contribution in [3.8, 4) is 5.75 Å². The molecule has 3 heteroatoms. The number of rotatable bonds is 5. The largest absolute Gasteiger partial charge is 0.497 e. The fourth-order valence-corrected chi connectivity index (χ4v) is 2.12. The standard InChI is InChI=1S/C14H21NO2/c1-16-14-6-4-13(5-7-14)3-2-8-15-9-11-17-12-10-15/h4-7H,2-3,8-12H2,1H3. The average Bonchev–Trinajstić information content (AvgIpc) is 2.41. The lowest BCUT2D eigenvalue weighted by molar-refractivity contribution is 0.0375. The summed E-state index contributed by atoms with van der Waals surface area (Å²) in [5.74, 6) is 0.932. The topological polar surface area (TPSA) is 21.7 Å². The highest BCUT2D eigenvalue weighted by molar-refractivity contribution is 5.27. The number of hydrogen-bond donors (Lipinski definition) is 0. The van der Waals surface area contributed by atoms with Crippen LogP contribution in [0.5, 0.6) is 5.75 Å². The second-order valence-corrected chi connectivity index (χ2v) is 4.41. The minimum atomic E-state index is 0.891. The molecule has 94 valence electrons. The quantitative estimate of drug-likeness (QED) is 0.778. The maximum absolute atomic E-state index is 5.33. The van der Waals surface area contributed by atoms with Gasteiger partial charge in [-0.2, -0.15) is 0 Å². The normalized spacial score (nSPS) is 17.0. The van der Waals surface area contributed by atoms with Crippen LogP contribution < -0.4 is 4.74 Å². The summed E-state index contributed by atoms with van der Waals surface area (Å²) in [6.07, 6.45) is 2.35. The van der Waals surface area contributed by atoms with Gasteiger partial charge in [-0.1, -0.05) is 12.1 Å². The lowest BCUT2D eigenvalue weighted by Crippen LogP contribution is -2.36. The summed E-state index contributed by atoms with van der Waals surface area (Å²) in [6, 6.07) is 8.37. The molecule has 0 unspecified atom stereocenters. The van der Waals surface area contributed by atoms with Crippen LogP contribution in [-0.4, -0.2) is 44.9 Å². The molecule has 3 nitrogen and oxygen atoms in total. The Morgan fingerprint density at radius 2 is 1.88 bits per heavy atom. The van der Waals surface area contributed by atoms with Crippen molar-refractivity contribution in [3.63, 3.8) is 0 Å². The Labute approximate surface area is 103 Å². The van der Waals surface area contributed by atoms with Crippen molar-refractivity contribution in [2.45, 2.75) is 12.8 Å². The molecule has 1 aromatic carbocycles. The molecule has 0 aliphatic carbocycles. The average molecular weight is 235 g/mol. The van der Waals surface area contributed by atoms with E-state index in [1.807, 2.05) is 12.1 Å². The molecule has 0 atom stereocenters. The number of aryl methyl sites for hydroxylation is 1. The zero-order chi connectivity index (χ0) is 11.9. The number of methoxy groups -OCH3 is 1. The molecule has 1 saturated heterocycles. The van der Waals surface area contributed by atoms with Crippen molar-refractivity contribution in [1.29, 1.82) is 0 Å². The first-order valence-electron chi connectivity index (χ1n) is 6.31. The smallest absolute Gasteiger partial charge is 0.118 e. The number of morpholine rings is 1. The Hall–Kier alpha value is -1.06. The Morgan fingerprint density at radius 3 is 2.53 bits per heavy atom. The third-order valence-corrected chi connectivity index (χ3v) is 3.20. The van der Waals surface area contributed by atoms with Crippen LogP contribution in [0.1, 0.15) is 12.0 Å². The fourth-order valence-electron chi connectivity index (χ4n) is 2.12. The summed E-state index contributed by atoms with van der Waals surface area (Å²) >= 11 is 0. The van der Waals surface area contributed by atoms with Crippen LogP contribution >= 0.6 is 0 Å². The number of benzene rings is 1. The van der Waals surface area contributed by atoms with Gasteiger partial charge in [-0.25, -0.2) is 0 Å². The van der Waals surface area contributed by atoms with Crippen molar-refractivity contribution in [1.82, 2.24) is 4.90 Å². The van der Waals surface area contributed by atoms with Gasteiger partial charge < -0.3 is 9.47 Å². The molecule has 0 bridgehead atoms. The van der Waals surface area contributed by atoms with E-state index in [0.717, 1.165) is 38.5 Å². The van der Waals surface area contributed by atoms with Gasteiger partial charge in [0.2, 0.25) is 0 Å².